The highest BCUT2D eigenvalue weighted by molar-refractivity contribution is 7.10. The molecule has 3 aromatic rings. The first-order valence-corrected chi connectivity index (χ1v) is 9.48. The maximum Gasteiger partial charge on any atom is 0.145 e. The first kappa shape index (κ1) is 12.9. The van der Waals surface area contributed by atoms with Crippen molar-refractivity contribution in [2.45, 2.75) is 6.55 Å². The minimum atomic E-state index is -1.88. The molecule has 0 saturated heterocycles. The molecule has 1 heteroatoms. The van der Waals surface area contributed by atoms with E-state index in [-0.39, 0.29) is 0 Å². The molecule has 3 rings (SSSR count). The molecule has 0 aliphatic heterocycles. The molecule has 0 fully saturated rings. The Labute approximate surface area is 121 Å². The second kappa shape index (κ2) is 5.47. The lowest BCUT2D eigenvalue weighted by atomic mass is 10.3. The van der Waals surface area contributed by atoms with Crippen LogP contribution in [0.25, 0.3) is 0 Å². The Kier molecular flexibility index (Phi) is 3.53. The summed E-state index contributed by atoms with van der Waals surface area (Å²) in [5.74, 6) is 0. The van der Waals surface area contributed by atoms with E-state index in [0.29, 0.717) is 0 Å². The Morgan fingerprint density at radius 2 is 0.700 bits per heavy atom. The Balaban J connectivity index is 2.24. The number of rotatable bonds is 3. The average molecular weight is 274 g/mol. The van der Waals surface area contributed by atoms with Crippen molar-refractivity contribution < 1.29 is 0 Å². The van der Waals surface area contributed by atoms with E-state index in [1.807, 2.05) is 0 Å². The zero-order chi connectivity index (χ0) is 13.8. The fraction of sp³-hybridized carbons (Fsp3) is 0.0526. The van der Waals surface area contributed by atoms with Crippen molar-refractivity contribution in [3.63, 3.8) is 0 Å². The first-order valence-electron chi connectivity index (χ1n) is 6.98. The summed E-state index contributed by atoms with van der Waals surface area (Å²) in [4.78, 5) is 0. The van der Waals surface area contributed by atoms with E-state index in [9.17, 15) is 0 Å². The number of hydrogen-bond donors (Lipinski definition) is 0. The molecule has 0 bridgehead atoms. The molecule has 20 heavy (non-hydrogen) atoms. The zero-order valence-electron chi connectivity index (χ0n) is 11.7. The van der Waals surface area contributed by atoms with Gasteiger partial charge in [0.15, 0.2) is 0 Å². The van der Waals surface area contributed by atoms with Gasteiger partial charge in [-0.05, 0) is 15.6 Å². The highest BCUT2D eigenvalue weighted by atomic mass is 28.3. The zero-order valence-corrected chi connectivity index (χ0v) is 12.7. The van der Waals surface area contributed by atoms with Gasteiger partial charge in [0.05, 0.1) is 0 Å². The Bertz CT molecular complexity index is 563. The van der Waals surface area contributed by atoms with Crippen LogP contribution in [0.15, 0.2) is 91.0 Å². The molecule has 0 N–H and O–H groups in total. The van der Waals surface area contributed by atoms with Crippen LogP contribution >= 0.6 is 0 Å². The predicted octanol–water partition coefficient (Wildman–Crippen LogP) is 2.79. The maximum atomic E-state index is 2.44. The van der Waals surface area contributed by atoms with Crippen LogP contribution in [-0.2, 0) is 0 Å². The molecule has 0 unspecified atom stereocenters. The summed E-state index contributed by atoms with van der Waals surface area (Å²) in [6, 6.07) is 32.8. The molecule has 3 aromatic carbocycles. The van der Waals surface area contributed by atoms with E-state index >= 15 is 0 Å². The summed E-state index contributed by atoms with van der Waals surface area (Å²) >= 11 is 0. The fourth-order valence-electron chi connectivity index (χ4n) is 2.81. The summed E-state index contributed by atoms with van der Waals surface area (Å²) in [6.07, 6.45) is 0. The van der Waals surface area contributed by atoms with Gasteiger partial charge in [0.25, 0.3) is 0 Å². The van der Waals surface area contributed by atoms with Gasteiger partial charge in [0.2, 0.25) is 0 Å². The highest BCUT2D eigenvalue weighted by Gasteiger charge is 2.33. The average Bonchev–Trinajstić information content (AvgIpc) is 2.56. The first-order chi connectivity index (χ1) is 9.82. The van der Waals surface area contributed by atoms with Crippen molar-refractivity contribution in [2.24, 2.45) is 0 Å². The van der Waals surface area contributed by atoms with Gasteiger partial charge in [-0.25, -0.2) is 0 Å². The Morgan fingerprint density at radius 3 is 0.950 bits per heavy atom. The molecular weight excluding hydrogens is 256 g/mol. The predicted molar refractivity (Wildman–Crippen MR) is 89.8 cm³/mol. The lowest BCUT2D eigenvalue weighted by Crippen LogP contribution is -2.64. The van der Waals surface area contributed by atoms with Crippen LogP contribution < -0.4 is 15.6 Å². The molecule has 0 heterocycles. The monoisotopic (exact) mass is 274 g/mol. The molecule has 0 radical (unpaired) electrons. The van der Waals surface area contributed by atoms with E-state index in [4.69, 9.17) is 0 Å². The van der Waals surface area contributed by atoms with Gasteiger partial charge in [-0.3, -0.25) is 0 Å². The Hall–Kier alpha value is -2.12. The SMILES string of the molecule is C[Si](c1ccccc1)(c1ccccc1)c1ccccc1. The summed E-state index contributed by atoms with van der Waals surface area (Å²) in [7, 11) is -1.88. The van der Waals surface area contributed by atoms with E-state index in [1.54, 1.807) is 0 Å². The van der Waals surface area contributed by atoms with Crippen molar-refractivity contribution in [3.8, 4) is 0 Å². The number of benzene rings is 3. The second-order valence-corrected chi connectivity index (χ2v) is 9.21. The molecule has 0 aromatic heterocycles. The summed E-state index contributed by atoms with van der Waals surface area (Å²) < 4.78 is 0. The van der Waals surface area contributed by atoms with Crippen LogP contribution in [-0.4, -0.2) is 8.07 Å². The lowest BCUT2D eigenvalue weighted by molar-refractivity contribution is 1.66. The third kappa shape index (κ3) is 2.21. The van der Waals surface area contributed by atoms with Crippen LogP contribution in [0.4, 0.5) is 0 Å². The molecule has 98 valence electrons. The van der Waals surface area contributed by atoms with Gasteiger partial charge in [0, 0.05) is 0 Å². The summed E-state index contributed by atoms with van der Waals surface area (Å²) in [6.45, 7) is 2.44. The molecule has 0 nitrogen and oxygen atoms in total. The van der Waals surface area contributed by atoms with Crippen LogP contribution in [0, 0.1) is 0 Å². The van der Waals surface area contributed by atoms with Crippen LogP contribution in [0.2, 0.25) is 6.55 Å². The largest absolute Gasteiger partial charge is 0.145 e. The third-order valence-electron chi connectivity index (χ3n) is 4.05. The van der Waals surface area contributed by atoms with Gasteiger partial charge in [-0.2, -0.15) is 0 Å². The van der Waals surface area contributed by atoms with E-state index < -0.39 is 8.07 Å². The van der Waals surface area contributed by atoms with Crippen LogP contribution in [0.3, 0.4) is 0 Å². The molecular formula is C19H18Si. The van der Waals surface area contributed by atoms with Crippen molar-refractivity contribution in [1.29, 1.82) is 0 Å². The summed E-state index contributed by atoms with van der Waals surface area (Å²) in [5.41, 5.74) is 0. The van der Waals surface area contributed by atoms with Gasteiger partial charge >= 0.3 is 0 Å². The van der Waals surface area contributed by atoms with E-state index in [1.165, 1.54) is 15.6 Å². The highest BCUT2D eigenvalue weighted by Crippen LogP contribution is 2.06. The van der Waals surface area contributed by atoms with E-state index in [0.717, 1.165) is 0 Å². The van der Waals surface area contributed by atoms with Gasteiger partial charge in [0.1, 0.15) is 8.07 Å². The van der Waals surface area contributed by atoms with Crippen LogP contribution in [0.5, 0.6) is 0 Å². The van der Waals surface area contributed by atoms with Gasteiger partial charge in [-0.15, -0.1) is 0 Å². The lowest BCUT2D eigenvalue weighted by Gasteiger charge is -2.29. The second-order valence-electron chi connectivity index (χ2n) is 5.22. The van der Waals surface area contributed by atoms with Crippen molar-refractivity contribution >= 4 is 23.6 Å². The third-order valence-corrected chi connectivity index (χ3v) is 8.52. The quantitative estimate of drug-likeness (QED) is 0.509. The standard InChI is InChI=1S/C19H18Si/c1-20(17-11-5-2-6-12-17,18-13-7-3-8-14-18)19-15-9-4-10-16-19/h2-16H,1H3. The van der Waals surface area contributed by atoms with Gasteiger partial charge in [-0.1, -0.05) is 97.5 Å². The molecule has 0 amide bonds. The Morgan fingerprint density at radius 1 is 0.450 bits per heavy atom. The topological polar surface area (TPSA) is 0 Å². The molecule has 0 aliphatic rings. The minimum Gasteiger partial charge on any atom is -0.0624 e. The van der Waals surface area contributed by atoms with Gasteiger partial charge < -0.3 is 0 Å². The molecule has 0 spiro atoms. The van der Waals surface area contributed by atoms with E-state index in [2.05, 4.69) is 97.5 Å². The normalized spacial score (nSPS) is 11.2. The summed E-state index contributed by atoms with van der Waals surface area (Å²) in [5, 5.41) is 4.37. The molecule has 0 saturated carbocycles. The van der Waals surface area contributed by atoms with Crippen molar-refractivity contribution in [3.05, 3.63) is 91.0 Å². The maximum absolute atomic E-state index is 2.44. The fourth-order valence-corrected chi connectivity index (χ4v) is 6.39. The van der Waals surface area contributed by atoms with Crippen molar-refractivity contribution in [1.82, 2.24) is 0 Å². The molecule has 0 aliphatic carbocycles. The smallest absolute Gasteiger partial charge is 0.0624 e. The van der Waals surface area contributed by atoms with Crippen LogP contribution in [0.1, 0.15) is 0 Å². The van der Waals surface area contributed by atoms with Crippen molar-refractivity contribution in [2.75, 3.05) is 0 Å². The minimum absolute atomic E-state index is 1.46. The number of hydrogen-bond acceptors (Lipinski definition) is 0. The molecule has 0 atom stereocenters.